The summed E-state index contributed by atoms with van der Waals surface area (Å²) in [6, 6.07) is 14.2. The number of halogens is 1. The minimum absolute atomic E-state index is 0.189. The third kappa shape index (κ3) is 2.96. The molecule has 0 radical (unpaired) electrons. The van der Waals surface area contributed by atoms with Gasteiger partial charge in [-0.3, -0.25) is 9.36 Å². The highest BCUT2D eigenvalue weighted by molar-refractivity contribution is 7.99. The van der Waals surface area contributed by atoms with Crippen LogP contribution in [0.4, 0.5) is 0 Å². The number of methoxy groups -OCH3 is 1. The van der Waals surface area contributed by atoms with E-state index < -0.39 is 0 Å². The van der Waals surface area contributed by atoms with E-state index in [1.54, 1.807) is 36.4 Å². The fourth-order valence-corrected chi connectivity index (χ4v) is 3.25. The van der Waals surface area contributed by atoms with Gasteiger partial charge in [0.1, 0.15) is 5.75 Å². The first kappa shape index (κ1) is 16.4. The molecule has 0 amide bonds. The number of ether oxygens (including phenoxy) is 1. The van der Waals surface area contributed by atoms with Gasteiger partial charge in [0, 0.05) is 0 Å². The molecular formula is C17H12ClN3O2S. The van der Waals surface area contributed by atoms with Gasteiger partial charge in [0.15, 0.2) is 5.16 Å². The number of hydrogen-bond donors (Lipinski definition) is 0. The molecule has 0 N–H and O–H groups in total. The van der Waals surface area contributed by atoms with Crippen LogP contribution in [0, 0.1) is 11.3 Å². The quantitative estimate of drug-likeness (QED) is 0.526. The molecule has 0 aliphatic carbocycles. The fraction of sp³-hybridized carbons (Fsp3) is 0.118. The SMILES string of the molecule is COc1ccc(-n2c(SCC#N)nc3ccccc3c2=O)cc1Cl. The van der Waals surface area contributed by atoms with Crippen molar-refractivity contribution in [3.63, 3.8) is 0 Å². The maximum absolute atomic E-state index is 12.9. The number of thioether (sulfide) groups is 1. The molecule has 1 aromatic heterocycles. The summed E-state index contributed by atoms with van der Waals surface area (Å²) in [5.41, 5.74) is 0.963. The average molecular weight is 358 g/mol. The molecule has 0 aliphatic heterocycles. The van der Waals surface area contributed by atoms with Crippen molar-refractivity contribution in [2.45, 2.75) is 5.16 Å². The van der Waals surface area contributed by atoms with Gasteiger partial charge in [-0.25, -0.2) is 4.98 Å². The van der Waals surface area contributed by atoms with Crippen molar-refractivity contribution in [3.05, 3.63) is 57.8 Å². The Bertz CT molecular complexity index is 1010. The summed E-state index contributed by atoms with van der Waals surface area (Å²) in [7, 11) is 1.53. The Balaban J connectivity index is 2.28. The largest absolute Gasteiger partial charge is 0.495 e. The minimum Gasteiger partial charge on any atom is -0.495 e. The lowest BCUT2D eigenvalue weighted by molar-refractivity contribution is 0.415. The molecule has 120 valence electrons. The molecule has 0 spiro atoms. The number of aromatic nitrogens is 2. The maximum atomic E-state index is 12.9. The summed E-state index contributed by atoms with van der Waals surface area (Å²) in [6.07, 6.45) is 0. The predicted molar refractivity (Wildman–Crippen MR) is 95.2 cm³/mol. The van der Waals surface area contributed by atoms with Crippen molar-refractivity contribution in [2.24, 2.45) is 0 Å². The molecule has 0 atom stereocenters. The molecule has 3 rings (SSSR count). The van der Waals surface area contributed by atoms with Gasteiger partial charge in [-0.2, -0.15) is 5.26 Å². The van der Waals surface area contributed by atoms with E-state index in [1.165, 1.54) is 23.4 Å². The van der Waals surface area contributed by atoms with Crippen LogP contribution in [0.25, 0.3) is 16.6 Å². The first-order valence-electron chi connectivity index (χ1n) is 7.01. The smallest absolute Gasteiger partial charge is 0.266 e. The highest BCUT2D eigenvalue weighted by atomic mass is 35.5. The number of fused-ring (bicyclic) bond motifs is 1. The Kier molecular flexibility index (Phi) is 4.74. The van der Waals surface area contributed by atoms with E-state index in [-0.39, 0.29) is 11.3 Å². The first-order chi connectivity index (χ1) is 11.7. The van der Waals surface area contributed by atoms with Crippen molar-refractivity contribution in [1.82, 2.24) is 9.55 Å². The van der Waals surface area contributed by atoms with Crippen molar-refractivity contribution in [2.75, 3.05) is 12.9 Å². The molecule has 7 heteroatoms. The normalized spacial score (nSPS) is 10.5. The molecule has 5 nitrogen and oxygen atoms in total. The lowest BCUT2D eigenvalue weighted by atomic mass is 10.2. The van der Waals surface area contributed by atoms with Crippen molar-refractivity contribution >= 4 is 34.3 Å². The summed E-state index contributed by atoms with van der Waals surface area (Å²) < 4.78 is 6.62. The maximum Gasteiger partial charge on any atom is 0.266 e. The third-order valence-corrected chi connectivity index (χ3v) is 4.51. The highest BCUT2D eigenvalue weighted by Crippen LogP contribution is 2.28. The Hall–Kier alpha value is -2.49. The van der Waals surface area contributed by atoms with Crippen molar-refractivity contribution in [1.29, 1.82) is 5.26 Å². The van der Waals surface area contributed by atoms with Crippen LogP contribution in [-0.4, -0.2) is 22.4 Å². The van der Waals surface area contributed by atoms with E-state index >= 15 is 0 Å². The lowest BCUT2D eigenvalue weighted by Gasteiger charge is -2.13. The van der Waals surface area contributed by atoms with Crippen LogP contribution >= 0.6 is 23.4 Å². The van der Waals surface area contributed by atoms with Crippen molar-refractivity contribution in [3.8, 4) is 17.5 Å². The third-order valence-electron chi connectivity index (χ3n) is 3.40. The topological polar surface area (TPSA) is 67.9 Å². The van der Waals surface area contributed by atoms with Crippen LogP contribution in [-0.2, 0) is 0 Å². The monoisotopic (exact) mass is 357 g/mol. The van der Waals surface area contributed by atoms with Gasteiger partial charge in [-0.15, -0.1) is 0 Å². The Labute approximate surface area is 147 Å². The molecule has 1 heterocycles. The number of nitriles is 1. The van der Waals surface area contributed by atoms with Gasteiger partial charge in [0.25, 0.3) is 5.56 Å². The molecule has 24 heavy (non-hydrogen) atoms. The molecule has 3 aromatic rings. The molecule has 0 saturated heterocycles. The van der Waals surface area contributed by atoms with E-state index in [1.807, 2.05) is 6.07 Å². The first-order valence-corrected chi connectivity index (χ1v) is 8.37. The molecule has 0 unspecified atom stereocenters. The number of hydrogen-bond acceptors (Lipinski definition) is 5. The van der Waals surface area contributed by atoms with Crippen LogP contribution in [0.5, 0.6) is 5.75 Å². The minimum atomic E-state index is -0.206. The van der Waals surface area contributed by atoms with E-state index in [0.29, 0.717) is 32.5 Å². The van der Waals surface area contributed by atoms with Crippen LogP contribution in [0.3, 0.4) is 0 Å². The van der Waals surface area contributed by atoms with Crippen LogP contribution < -0.4 is 10.3 Å². The van der Waals surface area contributed by atoms with E-state index in [4.69, 9.17) is 21.6 Å². The van der Waals surface area contributed by atoms with Gasteiger partial charge in [0.2, 0.25) is 0 Å². The number of benzene rings is 2. The molecule has 0 saturated carbocycles. The summed E-state index contributed by atoms with van der Waals surface area (Å²) in [6.45, 7) is 0. The Morgan fingerprint density at radius 1 is 1.33 bits per heavy atom. The second kappa shape index (κ2) is 6.95. The highest BCUT2D eigenvalue weighted by Gasteiger charge is 2.14. The Morgan fingerprint density at radius 3 is 2.83 bits per heavy atom. The molecule has 0 aliphatic rings. The van der Waals surface area contributed by atoms with Gasteiger partial charge < -0.3 is 4.74 Å². The zero-order valence-corrected chi connectivity index (χ0v) is 14.3. The van der Waals surface area contributed by atoms with Crippen molar-refractivity contribution < 1.29 is 4.74 Å². The molecule has 0 fully saturated rings. The molecular weight excluding hydrogens is 346 g/mol. The van der Waals surface area contributed by atoms with Gasteiger partial charge in [0.05, 0.1) is 40.5 Å². The number of nitrogens with zero attached hydrogens (tertiary/aromatic N) is 3. The predicted octanol–water partition coefficient (Wildman–Crippen LogP) is 3.66. The van der Waals surface area contributed by atoms with Gasteiger partial charge in [-0.05, 0) is 30.3 Å². The van der Waals surface area contributed by atoms with E-state index in [0.717, 1.165) is 0 Å². The van der Waals surface area contributed by atoms with E-state index in [9.17, 15) is 4.79 Å². The average Bonchev–Trinajstić information content (AvgIpc) is 2.60. The molecule has 2 aromatic carbocycles. The summed E-state index contributed by atoms with van der Waals surface area (Å²) in [5, 5.41) is 10.2. The standard InChI is InChI=1S/C17H12ClN3O2S/c1-23-15-7-6-11(10-13(15)18)21-16(22)12-4-2-3-5-14(12)20-17(21)24-9-8-19/h2-7,10H,9H2,1H3. The van der Waals surface area contributed by atoms with Crippen LogP contribution in [0.1, 0.15) is 0 Å². The lowest BCUT2D eigenvalue weighted by Crippen LogP contribution is -2.21. The number of rotatable bonds is 4. The summed E-state index contributed by atoms with van der Waals surface area (Å²) in [4.78, 5) is 17.5. The molecule has 0 bridgehead atoms. The second-order valence-electron chi connectivity index (χ2n) is 4.82. The van der Waals surface area contributed by atoms with Crippen LogP contribution in [0.15, 0.2) is 52.4 Å². The van der Waals surface area contributed by atoms with Crippen LogP contribution in [0.2, 0.25) is 5.02 Å². The summed E-state index contributed by atoms with van der Waals surface area (Å²) in [5.74, 6) is 0.711. The zero-order chi connectivity index (χ0) is 17.1. The zero-order valence-electron chi connectivity index (χ0n) is 12.7. The Morgan fingerprint density at radius 2 is 2.12 bits per heavy atom. The van der Waals surface area contributed by atoms with E-state index in [2.05, 4.69) is 11.1 Å². The summed E-state index contributed by atoms with van der Waals surface area (Å²) >= 11 is 7.39. The van der Waals surface area contributed by atoms with Gasteiger partial charge >= 0.3 is 0 Å². The second-order valence-corrected chi connectivity index (χ2v) is 6.17. The number of para-hydroxylation sites is 1. The fourth-order valence-electron chi connectivity index (χ4n) is 2.33. The van der Waals surface area contributed by atoms with Gasteiger partial charge in [-0.1, -0.05) is 35.5 Å².